The summed E-state index contributed by atoms with van der Waals surface area (Å²) in [6.45, 7) is 3.47. The van der Waals surface area contributed by atoms with Gasteiger partial charge in [0.2, 0.25) is 0 Å². The van der Waals surface area contributed by atoms with Crippen molar-refractivity contribution in [3.8, 4) is 5.69 Å². The topological polar surface area (TPSA) is 59.4 Å². The van der Waals surface area contributed by atoms with Crippen LogP contribution in [0.5, 0.6) is 0 Å². The van der Waals surface area contributed by atoms with E-state index in [1.807, 2.05) is 37.5 Å². The van der Waals surface area contributed by atoms with Crippen LogP contribution in [0.15, 0.2) is 41.8 Å². The summed E-state index contributed by atoms with van der Waals surface area (Å²) in [5, 5.41) is 9.63. The highest BCUT2D eigenvalue weighted by molar-refractivity contribution is 5.62. The van der Waals surface area contributed by atoms with Crippen molar-refractivity contribution in [3.05, 3.63) is 36.7 Å². The van der Waals surface area contributed by atoms with Crippen LogP contribution in [0.3, 0.4) is 0 Å². The molecule has 5 heteroatoms. The van der Waals surface area contributed by atoms with Crippen molar-refractivity contribution in [2.24, 2.45) is 5.10 Å². The second kappa shape index (κ2) is 4.06. The average molecular weight is 215 g/mol. The van der Waals surface area contributed by atoms with E-state index >= 15 is 0 Å². The van der Waals surface area contributed by atoms with E-state index in [1.165, 1.54) is 0 Å². The van der Waals surface area contributed by atoms with Gasteiger partial charge in [0.15, 0.2) is 0 Å². The molecule has 0 aliphatic carbocycles. The van der Waals surface area contributed by atoms with Gasteiger partial charge in [-0.25, -0.2) is 4.68 Å². The second-order valence-corrected chi connectivity index (χ2v) is 3.40. The van der Waals surface area contributed by atoms with Crippen LogP contribution in [-0.4, -0.2) is 23.5 Å². The molecule has 0 spiro atoms. The maximum absolute atomic E-state index is 5.83. The quantitative estimate of drug-likeness (QED) is 0.479. The molecule has 1 aromatic heterocycles. The van der Waals surface area contributed by atoms with E-state index in [0.717, 1.165) is 11.4 Å². The Balaban J connectivity index is 2.48. The fourth-order valence-corrected chi connectivity index (χ4v) is 1.44. The van der Waals surface area contributed by atoms with E-state index in [1.54, 1.807) is 15.9 Å². The van der Waals surface area contributed by atoms with Gasteiger partial charge in [-0.1, -0.05) is 0 Å². The number of hydrazone groups is 1. The maximum atomic E-state index is 5.83. The van der Waals surface area contributed by atoms with Gasteiger partial charge in [0, 0.05) is 31.8 Å². The first kappa shape index (κ1) is 10.2. The number of nitrogen functional groups attached to an aromatic ring is 1. The standard InChI is InChI=1S/C11H13N5/c1-13-15(2)10-6-9(12)7-11(8-10)16-5-3-4-14-16/h3-8H,1,12H2,2H3. The molecule has 2 aromatic rings. The Morgan fingerprint density at radius 3 is 2.88 bits per heavy atom. The lowest BCUT2D eigenvalue weighted by Gasteiger charge is -2.14. The lowest BCUT2D eigenvalue weighted by atomic mass is 10.2. The maximum Gasteiger partial charge on any atom is 0.0687 e. The Labute approximate surface area is 93.8 Å². The molecule has 0 amide bonds. The van der Waals surface area contributed by atoms with Crippen LogP contribution in [0.2, 0.25) is 0 Å². The zero-order valence-electron chi connectivity index (χ0n) is 9.04. The minimum Gasteiger partial charge on any atom is -0.399 e. The van der Waals surface area contributed by atoms with Gasteiger partial charge >= 0.3 is 0 Å². The monoisotopic (exact) mass is 215 g/mol. The Morgan fingerprint density at radius 1 is 1.44 bits per heavy atom. The summed E-state index contributed by atoms with van der Waals surface area (Å²) in [6.07, 6.45) is 3.58. The van der Waals surface area contributed by atoms with E-state index in [-0.39, 0.29) is 0 Å². The lowest BCUT2D eigenvalue weighted by Crippen LogP contribution is -2.08. The predicted molar refractivity (Wildman–Crippen MR) is 65.9 cm³/mol. The molecule has 2 N–H and O–H groups in total. The van der Waals surface area contributed by atoms with E-state index in [9.17, 15) is 0 Å². The molecule has 82 valence electrons. The smallest absolute Gasteiger partial charge is 0.0687 e. The number of nitrogens with zero attached hydrogens (tertiary/aromatic N) is 4. The summed E-state index contributed by atoms with van der Waals surface area (Å²) in [4.78, 5) is 0. The van der Waals surface area contributed by atoms with Gasteiger partial charge in [0.25, 0.3) is 0 Å². The van der Waals surface area contributed by atoms with Crippen LogP contribution >= 0.6 is 0 Å². The number of rotatable bonds is 3. The van der Waals surface area contributed by atoms with Crippen LogP contribution in [0, 0.1) is 0 Å². The fourth-order valence-electron chi connectivity index (χ4n) is 1.44. The lowest BCUT2D eigenvalue weighted by molar-refractivity contribution is 0.878. The van der Waals surface area contributed by atoms with Crippen molar-refractivity contribution in [1.82, 2.24) is 9.78 Å². The van der Waals surface area contributed by atoms with Gasteiger partial charge in [0.1, 0.15) is 0 Å². The molecule has 0 bridgehead atoms. The normalized spacial score (nSPS) is 10.1. The van der Waals surface area contributed by atoms with Crippen LogP contribution in [-0.2, 0) is 0 Å². The third-order valence-electron chi connectivity index (χ3n) is 2.28. The van der Waals surface area contributed by atoms with Gasteiger partial charge < -0.3 is 5.73 Å². The highest BCUT2D eigenvalue weighted by atomic mass is 15.4. The number of hydrogen-bond donors (Lipinski definition) is 1. The molecule has 0 aliphatic rings. The largest absolute Gasteiger partial charge is 0.399 e. The summed E-state index contributed by atoms with van der Waals surface area (Å²) in [6, 6.07) is 7.49. The van der Waals surface area contributed by atoms with Crippen LogP contribution in [0.1, 0.15) is 0 Å². The summed E-state index contributed by atoms with van der Waals surface area (Å²) in [5.74, 6) is 0. The SMILES string of the molecule is C=NN(C)c1cc(N)cc(-n2cccn2)c1. The summed E-state index contributed by atoms with van der Waals surface area (Å²) >= 11 is 0. The van der Waals surface area contributed by atoms with Gasteiger partial charge in [-0.3, -0.25) is 5.01 Å². The molecule has 0 aliphatic heterocycles. The Morgan fingerprint density at radius 2 is 2.25 bits per heavy atom. The first-order valence-electron chi connectivity index (χ1n) is 4.81. The molecule has 0 atom stereocenters. The Kier molecular flexibility index (Phi) is 2.59. The van der Waals surface area contributed by atoms with Crippen molar-refractivity contribution in [2.45, 2.75) is 0 Å². The van der Waals surface area contributed by atoms with Crippen molar-refractivity contribution in [3.63, 3.8) is 0 Å². The molecule has 0 fully saturated rings. The van der Waals surface area contributed by atoms with Crippen LogP contribution in [0.25, 0.3) is 5.69 Å². The molecule has 0 unspecified atom stereocenters. The Bertz CT molecular complexity index is 489. The van der Waals surface area contributed by atoms with E-state index in [4.69, 9.17) is 5.73 Å². The summed E-state index contributed by atoms with van der Waals surface area (Å²) in [5.41, 5.74) is 8.27. The fraction of sp³-hybridized carbons (Fsp3) is 0.0909. The first-order valence-corrected chi connectivity index (χ1v) is 4.81. The van der Waals surface area contributed by atoms with Crippen LogP contribution in [0.4, 0.5) is 11.4 Å². The van der Waals surface area contributed by atoms with Crippen molar-refractivity contribution < 1.29 is 0 Å². The van der Waals surface area contributed by atoms with E-state index in [0.29, 0.717) is 5.69 Å². The second-order valence-electron chi connectivity index (χ2n) is 3.40. The minimum absolute atomic E-state index is 0.665. The summed E-state index contributed by atoms with van der Waals surface area (Å²) < 4.78 is 1.75. The molecule has 16 heavy (non-hydrogen) atoms. The minimum atomic E-state index is 0.665. The van der Waals surface area contributed by atoms with Gasteiger partial charge in [-0.05, 0) is 24.3 Å². The van der Waals surface area contributed by atoms with E-state index < -0.39 is 0 Å². The zero-order valence-corrected chi connectivity index (χ0v) is 9.04. The number of aromatic nitrogens is 2. The zero-order chi connectivity index (χ0) is 11.5. The molecule has 1 heterocycles. The average Bonchev–Trinajstić information content (AvgIpc) is 2.80. The van der Waals surface area contributed by atoms with Crippen molar-refractivity contribution >= 4 is 18.1 Å². The molecule has 0 radical (unpaired) electrons. The first-order chi connectivity index (χ1) is 7.70. The summed E-state index contributed by atoms with van der Waals surface area (Å²) in [7, 11) is 1.81. The molecule has 0 saturated carbocycles. The third-order valence-corrected chi connectivity index (χ3v) is 2.28. The molecule has 2 rings (SSSR count). The van der Waals surface area contributed by atoms with Crippen LogP contribution < -0.4 is 10.7 Å². The van der Waals surface area contributed by atoms with Crippen molar-refractivity contribution in [2.75, 3.05) is 17.8 Å². The van der Waals surface area contributed by atoms with Gasteiger partial charge in [-0.2, -0.15) is 10.2 Å². The highest BCUT2D eigenvalue weighted by Crippen LogP contribution is 2.21. The van der Waals surface area contributed by atoms with E-state index in [2.05, 4.69) is 16.9 Å². The van der Waals surface area contributed by atoms with Crippen molar-refractivity contribution in [1.29, 1.82) is 0 Å². The number of nitrogens with two attached hydrogens (primary N) is 1. The number of benzene rings is 1. The van der Waals surface area contributed by atoms with Gasteiger partial charge in [-0.15, -0.1) is 0 Å². The van der Waals surface area contributed by atoms with Gasteiger partial charge in [0.05, 0.1) is 11.4 Å². The third kappa shape index (κ3) is 1.88. The molecular weight excluding hydrogens is 202 g/mol. The molecule has 5 nitrogen and oxygen atoms in total. The molecule has 1 aromatic carbocycles. The Hall–Kier alpha value is -2.30. The predicted octanol–water partition coefficient (Wildman–Crippen LogP) is 1.51. The number of anilines is 2. The highest BCUT2D eigenvalue weighted by Gasteiger charge is 2.04. The molecule has 0 saturated heterocycles. The molecular formula is C11H13N5. The number of hydrogen-bond acceptors (Lipinski definition) is 4.